The first-order valence-corrected chi connectivity index (χ1v) is 13.8. The first-order valence-electron chi connectivity index (χ1n) is 13.8. The predicted molar refractivity (Wildman–Crippen MR) is 154 cm³/mol. The summed E-state index contributed by atoms with van der Waals surface area (Å²) in [5.41, 5.74) is 8.88. The molecule has 6 heteroatoms. The Kier molecular flexibility index (Phi) is 9.00. The van der Waals surface area contributed by atoms with Crippen LogP contribution in [0.1, 0.15) is 74.2 Å². The zero-order chi connectivity index (χ0) is 28.2. The van der Waals surface area contributed by atoms with Crippen molar-refractivity contribution in [2.24, 2.45) is 0 Å². The highest BCUT2D eigenvalue weighted by Crippen LogP contribution is 2.59. The Hall–Kier alpha value is -2.93. The number of hydrogen-bond donors (Lipinski definition) is 0. The highest BCUT2D eigenvalue weighted by Gasteiger charge is 2.47. The molecule has 0 aromatic heterocycles. The van der Waals surface area contributed by atoms with Gasteiger partial charge in [-0.1, -0.05) is 51.1 Å². The number of carbonyl (C=O) groups excluding carboxylic acids is 1. The summed E-state index contributed by atoms with van der Waals surface area (Å²) in [6.45, 7) is 16.0. The summed E-state index contributed by atoms with van der Waals surface area (Å²) in [4.78, 5) is 13.1. The molecule has 0 radical (unpaired) electrons. The van der Waals surface area contributed by atoms with Gasteiger partial charge in [0.25, 0.3) is 0 Å². The molecule has 0 spiro atoms. The highest BCUT2D eigenvalue weighted by molar-refractivity contribution is 6.00. The zero-order valence-electron chi connectivity index (χ0n) is 24.4. The molecule has 39 heavy (non-hydrogen) atoms. The third kappa shape index (κ3) is 5.84. The second-order valence-corrected chi connectivity index (χ2v) is 11.2. The number of carbonyl (C=O) groups is 1. The van der Waals surface area contributed by atoms with Gasteiger partial charge in [0.2, 0.25) is 0 Å². The Bertz CT molecular complexity index is 1270. The van der Waals surface area contributed by atoms with Gasteiger partial charge in [-0.2, -0.15) is 0 Å². The normalized spacial score (nSPS) is 17.9. The van der Waals surface area contributed by atoms with Crippen LogP contribution in [0.3, 0.4) is 0 Å². The van der Waals surface area contributed by atoms with Gasteiger partial charge in [0.15, 0.2) is 0 Å². The molecule has 4 rings (SSSR count). The minimum Gasteiger partial charge on any atom is -0.490 e. The first kappa shape index (κ1) is 29.1. The quantitative estimate of drug-likeness (QED) is 0.224. The van der Waals surface area contributed by atoms with Crippen LogP contribution in [0.25, 0.3) is 5.57 Å². The summed E-state index contributed by atoms with van der Waals surface area (Å²) in [6.07, 6.45) is 2.27. The average Bonchev–Trinajstić information content (AvgIpc) is 3.10. The fraction of sp³-hybridized carbons (Fsp3) is 0.485. The molecule has 0 amide bonds. The van der Waals surface area contributed by atoms with Crippen molar-refractivity contribution in [1.29, 1.82) is 0 Å². The van der Waals surface area contributed by atoms with Gasteiger partial charge in [-0.25, -0.2) is 4.79 Å². The molecule has 0 N–H and O–H groups in total. The lowest BCUT2D eigenvalue weighted by Crippen LogP contribution is -2.26. The standard InChI is InChI=1S/C33H42O6/c1-8-38-31(34)27-20-24(10-12-29(27)39-18-17-37-16-15-36-14-13-35-7)33(6)28-21-23(32(3,4)5)9-11-25(28)26-19-22(2)30(26)33/h9-12,19-21H,8,13-18H2,1-7H3. The molecule has 210 valence electrons. The maximum Gasteiger partial charge on any atom is 0.341 e. The van der Waals surface area contributed by atoms with Crippen molar-refractivity contribution in [2.45, 2.75) is 52.4 Å². The van der Waals surface area contributed by atoms with E-state index >= 15 is 0 Å². The fourth-order valence-corrected chi connectivity index (χ4v) is 5.48. The van der Waals surface area contributed by atoms with Crippen LogP contribution in [0.5, 0.6) is 5.75 Å². The molecule has 2 aliphatic rings. The minimum absolute atomic E-state index is 0.0291. The number of allylic oxidation sites excluding steroid dienone is 4. The molecule has 0 heterocycles. The molecule has 6 nitrogen and oxygen atoms in total. The summed E-state index contributed by atoms with van der Waals surface area (Å²) in [5, 5.41) is 0. The number of hydrogen-bond acceptors (Lipinski definition) is 6. The van der Waals surface area contributed by atoms with Gasteiger partial charge < -0.3 is 23.7 Å². The van der Waals surface area contributed by atoms with E-state index in [9.17, 15) is 4.79 Å². The Morgan fingerprint density at radius 3 is 2.26 bits per heavy atom. The van der Waals surface area contributed by atoms with Crippen LogP contribution < -0.4 is 4.74 Å². The molecule has 1 unspecified atom stereocenters. The van der Waals surface area contributed by atoms with E-state index in [4.69, 9.17) is 23.7 Å². The number of benzene rings is 2. The third-order valence-corrected chi connectivity index (χ3v) is 7.58. The number of methoxy groups -OCH3 is 1. The van der Waals surface area contributed by atoms with Crippen LogP contribution in [-0.2, 0) is 29.8 Å². The molecule has 2 aliphatic carbocycles. The van der Waals surface area contributed by atoms with Crippen LogP contribution in [0, 0.1) is 0 Å². The monoisotopic (exact) mass is 534 g/mol. The van der Waals surface area contributed by atoms with Gasteiger partial charge in [0.05, 0.1) is 39.6 Å². The van der Waals surface area contributed by atoms with Gasteiger partial charge in [-0.15, -0.1) is 0 Å². The van der Waals surface area contributed by atoms with E-state index in [0.717, 1.165) is 5.56 Å². The second-order valence-electron chi connectivity index (χ2n) is 11.2. The Morgan fingerprint density at radius 1 is 0.923 bits per heavy atom. The lowest BCUT2D eigenvalue weighted by atomic mass is 9.69. The highest BCUT2D eigenvalue weighted by atomic mass is 16.6. The van der Waals surface area contributed by atoms with Gasteiger partial charge >= 0.3 is 5.97 Å². The van der Waals surface area contributed by atoms with E-state index < -0.39 is 0 Å². The summed E-state index contributed by atoms with van der Waals surface area (Å²) >= 11 is 0. The summed E-state index contributed by atoms with van der Waals surface area (Å²) < 4.78 is 27.4. The predicted octanol–water partition coefficient (Wildman–Crippen LogP) is 6.25. The smallest absolute Gasteiger partial charge is 0.341 e. The van der Waals surface area contributed by atoms with E-state index in [1.807, 2.05) is 19.1 Å². The van der Waals surface area contributed by atoms with Crippen LogP contribution in [0.2, 0.25) is 0 Å². The van der Waals surface area contributed by atoms with Crippen molar-refractivity contribution in [3.63, 3.8) is 0 Å². The molecular formula is C33H42O6. The average molecular weight is 535 g/mol. The Balaban J connectivity index is 1.59. The van der Waals surface area contributed by atoms with Crippen LogP contribution in [-0.4, -0.2) is 59.3 Å². The molecule has 2 aromatic rings. The molecule has 0 bridgehead atoms. The van der Waals surface area contributed by atoms with Crippen LogP contribution in [0.4, 0.5) is 0 Å². The number of ether oxygens (including phenoxy) is 5. The number of rotatable bonds is 13. The van der Waals surface area contributed by atoms with Gasteiger partial charge in [0, 0.05) is 12.5 Å². The zero-order valence-corrected chi connectivity index (χ0v) is 24.4. The topological polar surface area (TPSA) is 63.2 Å². The molecule has 0 aliphatic heterocycles. The van der Waals surface area contributed by atoms with Crippen molar-refractivity contribution in [3.05, 3.63) is 81.4 Å². The van der Waals surface area contributed by atoms with Crippen LogP contribution >= 0.6 is 0 Å². The van der Waals surface area contributed by atoms with E-state index in [1.165, 1.54) is 33.4 Å². The minimum atomic E-state index is -0.387. The van der Waals surface area contributed by atoms with Gasteiger partial charge in [0.1, 0.15) is 17.9 Å². The Morgan fingerprint density at radius 2 is 1.62 bits per heavy atom. The molecular weight excluding hydrogens is 492 g/mol. The first-order chi connectivity index (χ1) is 18.6. The number of esters is 1. The summed E-state index contributed by atoms with van der Waals surface area (Å²) in [5.74, 6) is 0.111. The summed E-state index contributed by atoms with van der Waals surface area (Å²) in [6, 6.07) is 12.8. The second kappa shape index (κ2) is 12.1. The SMILES string of the molecule is CCOC(=O)c1cc(C2(C)C3=C(C)C=C3c3ccc(C(C)(C)C)cc32)ccc1OCCOCCOCCOC. The fourth-order valence-electron chi connectivity index (χ4n) is 5.48. The van der Waals surface area contributed by atoms with Crippen molar-refractivity contribution in [3.8, 4) is 5.75 Å². The van der Waals surface area contributed by atoms with Crippen molar-refractivity contribution in [2.75, 3.05) is 53.4 Å². The molecule has 1 atom stereocenters. The van der Waals surface area contributed by atoms with E-state index in [-0.39, 0.29) is 16.8 Å². The van der Waals surface area contributed by atoms with E-state index in [1.54, 1.807) is 7.11 Å². The van der Waals surface area contributed by atoms with Gasteiger partial charge in [-0.3, -0.25) is 0 Å². The van der Waals surface area contributed by atoms with E-state index in [2.05, 4.69) is 65.0 Å². The molecule has 0 saturated carbocycles. The van der Waals surface area contributed by atoms with Crippen molar-refractivity contribution < 1.29 is 28.5 Å². The van der Waals surface area contributed by atoms with Gasteiger partial charge in [-0.05, 0) is 77.3 Å². The third-order valence-electron chi connectivity index (χ3n) is 7.58. The molecule has 0 fully saturated rings. The van der Waals surface area contributed by atoms with Crippen molar-refractivity contribution in [1.82, 2.24) is 0 Å². The number of fused-ring (bicyclic) bond motifs is 3. The van der Waals surface area contributed by atoms with Crippen molar-refractivity contribution >= 4 is 11.5 Å². The lowest BCUT2D eigenvalue weighted by Gasteiger charge is -2.33. The summed E-state index contributed by atoms with van der Waals surface area (Å²) in [7, 11) is 1.64. The molecule has 0 saturated heterocycles. The largest absolute Gasteiger partial charge is 0.490 e. The van der Waals surface area contributed by atoms with Crippen LogP contribution in [0.15, 0.2) is 53.6 Å². The maximum atomic E-state index is 13.1. The lowest BCUT2D eigenvalue weighted by molar-refractivity contribution is 0.0178. The maximum absolute atomic E-state index is 13.1. The molecule has 2 aromatic carbocycles. The van der Waals surface area contributed by atoms with E-state index in [0.29, 0.717) is 57.6 Å². The Labute approximate surface area is 232 Å².